The monoisotopic (exact) mass is 474 g/mol. The minimum absolute atomic E-state index is 0.00102. The van der Waals surface area contributed by atoms with E-state index in [0.29, 0.717) is 11.4 Å². The maximum Gasteiger partial charge on any atom is 0.339 e. The van der Waals surface area contributed by atoms with Crippen LogP contribution in [0.4, 0.5) is 5.69 Å². The third kappa shape index (κ3) is 4.18. The number of nitrogens with one attached hydrogen (secondary N) is 1. The number of fused-ring (bicyclic) bond motifs is 1. The lowest BCUT2D eigenvalue weighted by Crippen LogP contribution is -2.42. The Bertz CT molecular complexity index is 1280. The summed E-state index contributed by atoms with van der Waals surface area (Å²) in [4.78, 5) is 55.0. The number of amides is 1. The molecule has 0 spiro atoms. The summed E-state index contributed by atoms with van der Waals surface area (Å²) in [6.45, 7) is 2.89. The van der Waals surface area contributed by atoms with Crippen molar-refractivity contribution in [1.82, 2.24) is 14.1 Å². The molecule has 9 nitrogen and oxygen atoms in total. The number of aromatic nitrogens is 3. The molecule has 2 heterocycles. The molecule has 0 aliphatic heterocycles. The van der Waals surface area contributed by atoms with Crippen molar-refractivity contribution >= 4 is 44.5 Å². The van der Waals surface area contributed by atoms with E-state index in [0.717, 1.165) is 13.6 Å². The average molecular weight is 475 g/mol. The lowest BCUT2D eigenvalue weighted by molar-refractivity contribution is -0.116. The molecule has 0 unspecified atom stereocenters. The number of ether oxygens (including phenoxy) is 1. The number of nitrogens with zero attached hydrogens (tertiary/aromatic N) is 3. The van der Waals surface area contributed by atoms with Gasteiger partial charge in [0.15, 0.2) is 0 Å². The molecule has 1 N–H and O–H groups in total. The number of esters is 1. The molecule has 0 saturated heterocycles. The maximum absolute atomic E-state index is 13.1. The van der Waals surface area contributed by atoms with E-state index in [9.17, 15) is 19.2 Å². The van der Waals surface area contributed by atoms with Gasteiger partial charge in [0, 0.05) is 22.9 Å². The van der Waals surface area contributed by atoms with Gasteiger partial charge in [-0.2, -0.15) is 0 Å². The second-order valence-corrected chi connectivity index (χ2v) is 7.44. The topological polar surface area (TPSA) is 112 Å². The highest BCUT2D eigenvalue weighted by Crippen LogP contribution is 2.16. The van der Waals surface area contributed by atoms with E-state index in [2.05, 4.69) is 26.2 Å². The van der Waals surface area contributed by atoms with Crippen LogP contribution in [0.5, 0.6) is 0 Å². The first-order valence-electron chi connectivity index (χ1n) is 9.06. The van der Waals surface area contributed by atoms with Gasteiger partial charge < -0.3 is 10.1 Å². The lowest BCUT2D eigenvalue weighted by atomic mass is 10.1. The van der Waals surface area contributed by atoms with Crippen molar-refractivity contribution in [2.75, 3.05) is 11.9 Å². The van der Waals surface area contributed by atoms with E-state index in [1.54, 1.807) is 38.1 Å². The summed E-state index contributed by atoms with van der Waals surface area (Å²) in [6, 6.07) is 8.32. The predicted molar refractivity (Wildman–Crippen MR) is 115 cm³/mol. The summed E-state index contributed by atoms with van der Waals surface area (Å²) < 4.78 is 7.72. The Balaban J connectivity index is 2.11. The van der Waals surface area contributed by atoms with Gasteiger partial charge in [-0.25, -0.2) is 14.6 Å². The summed E-state index contributed by atoms with van der Waals surface area (Å²) in [5.74, 6) is -1.27. The summed E-state index contributed by atoms with van der Waals surface area (Å²) in [7, 11) is 1.42. The van der Waals surface area contributed by atoms with Gasteiger partial charge in [0.05, 0.1) is 17.6 Å². The van der Waals surface area contributed by atoms with Gasteiger partial charge in [-0.3, -0.25) is 18.7 Å². The van der Waals surface area contributed by atoms with Crippen LogP contribution in [0.1, 0.15) is 23.0 Å². The van der Waals surface area contributed by atoms with Crippen LogP contribution in [0.25, 0.3) is 11.0 Å². The first kappa shape index (κ1) is 21.4. The minimum Gasteiger partial charge on any atom is -0.462 e. The first-order chi connectivity index (χ1) is 14.2. The van der Waals surface area contributed by atoms with E-state index in [1.165, 1.54) is 13.1 Å². The first-order valence-corrected chi connectivity index (χ1v) is 9.86. The summed E-state index contributed by atoms with van der Waals surface area (Å²) in [6.07, 6.45) is 0. The van der Waals surface area contributed by atoms with Crippen molar-refractivity contribution in [3.8, 4) is 0 Å². The minimum atomic E-state index is -0.784. The SMILES string of the molecule is CCOC(=O)c1cc(C)nc2c1c(=O)n(CC(=O)Nc1cccc(Br)c1)c(=O)n2C. The molecular weight excluding hydrogens is 456 g/mol. The Hall–Kier alpha value is -3.27. The van der Waals surface area contributed by atoms with E-state index in [1.807, 2.05) is 0 Å². The van der Waals surface area contributed by atoms with Crippen molar-refractivity contribution in [1.29, 1.82) is 0 Å². The number of anilines is 1. The van der Waals surface area contributed by atoms with Gasteiger partial charge in [0.1, 0.15) is 12.2 Å². The fourth-order valence-corrected chi connectivity index (χ4v) is 3.42. The number of benzene rings is 1. The van der Waals surface area contributed by atoms with E-state index < -0.39 is 29.7 Å². The number of carbonyl (C=O) groups excluding carboxylic acids is 2. The number of rotatable bonds is 5. The summed E-state index contributed by atoms with van der Waals surface area (Å²) in [5.41, 5.74) is -0.495. The molecule has 156 valence electrons. The highest BCUT2D eigenvalue weighted by molar-refractivity contribution is 9.10. The fourth-order valence-electron chi connectivity index (χ4n) is 3.02. The Kier molecular flexibility index (Phi) is 6.16. The predicted octanol–water partition coefficient (Wildman–Crippen LogP) is 1.98. The molecular formula is C20H19BrN4O5. The van der Waals surface area contributed by atoms with Gasteiger partial charge in [-0.05, 0) is 38.1 Å². The van der Waals surface area contributed by atoms with E-state index in [-0.39, 0.29) is 23.2 Å². The maximum atomic E-state index is 13.1. The lowest BCUT2D eigenvalue weighted by Gasteiger charge is -2.13. The number of aryl methyl sites for hydroxylation is 2. The molecule has 0 aliphatic rings. The molecule has 3 aromatic rings. The molecule has 0 radical (unpaired) electrons. The molecule has 30 heavy (non-hydrogen) atoms. The molecule has 2 aromatic heterocycles. The fraction of sp³-hybridized carbons (Fsp3) is 0.250. The van der Waals surface area contributed by atoms with Gasteiger partial charge in [-0.15, -0.1) is 0 Å². The standard InChI is InChI=1S/C20H19BrN4O5/c1-4-30-19(28)14-8-11(2)22-17-16(14)18(27)25(20(29)24(17)3)10-15(26)23-13-7-5-6-12(21)9-13/h5-9H,4,10H2,1-3H3,(H,23,26). The van der Waals surface area contributed by atoms with Crippen LogP contribution in [-0.4, -0.2) is 32.6 Å². The smallest absolute Gasteiger partial charge is 0.339 e. The van der Waals surface area contributed by atoms with Crippen molar-refractivity contribution in [2.45, 2.75) is 20.4 Å². The molecule has 10 heteroatoms. The van der Waals surface area contributed by atoms with E-state index >= 15 is 0 Å². The van der Waals surface area contributed by atoms with Gasteiger partial charge in [0.2, 0.25) is 5.91 Å². The molecule has 0 atom stereocenters. The van der Waals surface area contributed by atoms with Crippen molar-refractivity contribution < 1.29 is 14.3 Å². The molecule has 0 fully saturated rings. The Labute approximate surface area is 179 Å². The Morgan fingerprint density at radius 3 is 2.63 bits per heavy atom. The van der Waals surface area contributed by atoms with Crippen LogP contribution >= 0.6 is 15.9 Å². The average Bonchev–Trinajstić information content (AvgIpc) is 2.69. The van der Waals surface area contributed by atoms with Gasteiger partial charge in [0.25, 0.3) is 5.56 Å². The van der Waals surface area contributed by atoms with Crippen molar-refractivity contribution in [2.24, 2.45) is 7.05 Å². The third-order valence-corrected chi connectivity index (χ3v) is 4.82. The number of carbonyl (C=O) groups is 2. The van der Waals surface area contributed by atoms with Crippen molar-refractivity contribution in [3.05, 3.63) is 66.9 Å². The highest BCUT2D eigenvalue weighted by atomic mass is 79.9. The molecule has 0 saturated carbocycles. The zero-order valence-electron chi connectivity index (χ0n) is 16.6. The Morgan fingerprint density at radius 2 is 1.97 bits per heavy atom. The molecule has 1 aromatic carbocycles. The molecule has 3 rings (SSSR count). The second kappa shape index (κ2) is 8.62. The van der Waals surface area contributed by atoms with Crippen LogP contribution in [0, 0.1) is 6.92 Å². The van der Waals surface area contributed by atoms with Gasteiger partial charge >= 0.3 is 11.7 Å². The van der Waals surface area contributed by atoms with Crippen LogP contribution in [-0.2, 0) is 23.1 Å². The molecule has 0 bridgehead atoms. The summed E-state index contributed by atoms with van der Waals surface area (Å²) >= 11 is 3.31. The Morgan fingerprint density at radius 1 is 1.23 bits per heavy atom. The zero-order valence-corrected chi connectivity index (χ0v) is 18.1. The normalized spacial score (nSPS) is 10.8. The molecule has 0 aliphatic carbocycles. The van der Waals surface area contributed by atoms with Crippen LogP contribution < -0.4 is 16.6 Å². The number of halogens is 1. The number of hydrogen-bond acceptors (Lipinski definition) is 6. The van der Waals surface area contributed by atoms with Gasteiger partial charge in [-0.1, -0.05) is 22.0 Å². The number of pyridine rings is 1. The largest absolute Gasteiger partial charge is 0.462 e. The van der Waals surface area contributed by atoms with Crippen LogP contribution in [0.3, 0.4) is 0 Å². The number of hydrogen-bond donors (Lipinski definition) is 1. The van der Waals surface area contributed by atoms with Crippen LogP contribution in [0.15, 0.2) is 44.4 Å². The molecule has 1 amide bonds. The van der Waals surface area contributed by atoms with Crippen LogP contribution in [0.2, 0.25) is 0 Å². The zero-order chi connectivity index (χ0) is 22.0. The quantitative estimate of drug-likeness (QED) is 0.565. The van der Waals surface area contributed by atoms with E-state index in [4.69, 9.17) is 4.74 Å². The highest BCUT2D eigenvalue weighted by Gasteiger charge is 2.22. The third-order valence-electron chi connectivity index (χ3n) is 4.33. The van der Waals surface area contributed by atoms with Crippen molar-refractivity contribution in [3.63, 3.8) is 0 Å². The summed E-state index contributed by atoms with van der Waals surface area (Å²) in [5, 5.41) is 2.56. The second-order valence-electron chi connectivity index (χ2n) is 6.52.